The molecule has 0 aliphatic heterocycles. The van der Waals surface area contributed by atoms with Crippen LogP contribution in [0.15, 0.2) is 24.8 Å². The molecule has 10 heavy (non-hydrogen) atoms. The van der Waals surface area contributed by atoms with Gasteiger partial charge in [0.1, 0.15) is 0 Å². The lowest BCUT2D eigenvalue weighted by molar-refractivity contribution is 0.594. The highest BCUT2D eigenvalue weighted by Gasteiger charge is 1.88. The van der Waals surface area contributed by atoms with Crippen molar-refractivity contribution in [1.82, 2.24) is 0 Å². The molecule has 0 N–H and O–H groups in total. The Morgan fingerprint density at radius 2 is 2.00 bits per heavy atom. The maximum atomic E-state index is 3.64. The maximum Gasteiger partial charge on any atom is -0.0172 e. The van der Waals surface area contributed by atoms with E-state index in [-0.39, 0.29) is 0 Å². The minimum absolute atomic E-state index is 0.827. The highest BCUT2D eigenvalue weighted by molar-refractivity contribution is 4.88. The van der Waals surface area contributed by atoms with Gasteiger partial charge in [-0.05, 0) is 25.2 Å². The molecule has 58 valence electrons. The minimum Gasteiger partial charge on any atom is -0.103 e. The van der Waals surface area contributed by atoms with Crippen molar-refractivity contribution in [2.24, 2.45) is 5.92 Å². The molecule has 0 radical (unpaired) electrons. The molecule has 0 aromatic rings. The molecule has 0 aromatic heterocycles. The highest BCUT2D eigenvalue weighted by atomic mass is 13.9. The molecule has 0 bridgehead atoms. The molecule has 0 heteroatoms. The molecule has 0 aliphatic carbocycles. The van der Waals surface area contributed by atoms with Crippen molar-refractivity contribution >= 4 is 0 Å². The van der Waals surface area contributed by atoms with E-state index in [0.29, 0.717) is 0 Å². The molecule has 0 unspecified atom stereocenters. The second-order valence-electron chi connectivity index (χ2n) is 2.97. The molecule has 0 saturated heterocycles. The quantitative estimate of drug-likeness (QED) is 0.510. The largest absolute Gasteiger partial charge is 0.103 e. The van der Waals surface area contributed by atoms with E-state index in [4.69, 9.17) is 0 Å². The van der Waals surface area contributed by atoms with E-state index >= 15 is 0 Å². The molecular weight excluding hydrogens is 120 g/mol. The second kappa shape index (κ2) is 6.60. The SMILES string of the molecule is C=CCC=CCCC(C)C. The summed E-state index contributed by atoms with van der Waals surface area (Å²) >= 11 is 0. The van der Waals surface area contributed by atoms with Gasteiger partial charge >= 0.3 is 0 Å². The summed E-state index contributed by atoms with van der Waals surface area (Å²) in [7, 11) is 0. The van der Waals surface area contributed by atoms with Crippen LogP contribution in [-0.2, 0) is 0 Å². The fourth-order valence-corrected chi connectivity index (χ4v) is 0.740. The Balaban J connectivity index is 3.09. The van der Waals surface area contributed by atoms with Crippen LogP contribution in [0, 0.1) is 5.92 Å². The lowest BCUT2D eigenvalue weighted by Gasteiger charge is -1.98. The third-order valence-corrected chi connectivity index (χ3v) is 1.38. The van der Waals surface area contributed by atoms with E-state index in [0.717, 1.165) is 12.3 Å². The fourth-order valence-electron chi connectivity index (χ4n) is 0.740. The van der Waals surface area contributed by atoms with E-state index in [1.165, 1.54) is 12.8 Å². The normalized spacial score (nSPS) is 11.1. The topological polar surface area (TPSA) is 0 Å². The van der Waals surface area contributed by atoms with Crippen molar-refractivity contribution in [3.8, 4) is 0 Å². The Hall–Kier alpha value is -0.520. The van der Waals surface area contributed by atoms with Crippen LogP contribution in [0.25, 0.3) is 0 Å². The summed E-state index contributed by atoms with van der Waals surface area (Å²) in [6.45, 7) is 8.14. The fraction of sp³-hybridized carbons (Fsp3) is 0.600. The van der Waals surface area contributed by atoms with Gasteiger partial charge in [-0.2, -0.15) is 0 Å². The van der Waals surface area contributed by atoms with E-state index in [9.17, 15) is 0 Å². The van der Waals surface area contributed by atoms with Crippen LogP contribution in [0.5, 0.6) is 0 Å². The van der Waals surface area contributed by atoms with Crippen molar-refractivity contribution in [3.05, 3.63) is 24.8 Å². The summed E-state index contributed by atoms with van der Waals surface area (Å²) in [5.74, 6) is 0.827. The monoisotopic (exact) mass is 138 g/mol. The van der Waals surface area contributed by atoms with Gasteiger partial charge in [-0.3, -0.25) is 0 Å². The Kier molecular flexibility index (Phi) is 6.25. The first-order chi connectivity index (χ1) is 4.77. The zero-order valence-corrected chi connectivity index (χ0v) is 7.14. The predicted octanol–water partition coefficient (Wildman–Crippen LogP) is 3.55. The van der Waals surface area contributed by atoms with Gasteiger partial charge in [0.15, 0.2) is 0 Å². The van der Waals surface area contributed by atoms with Gasteiger partial charge in [-0.25, -0.2) is 0 Å². The van der Waals surface area contributed by atoms with Gasteiger partial charge in [0.2, 0.25) is 0 Å². The number of allylic oxidation sites excluding steroid dienone is 3. The van der Waals surface area contributed by atoms with Crippen molar-refractivity contribution in [2.45, 2.75) is 33.1 Å². The molecule has 0 nitrogen and oxygen atoms in total. The minimum atomic E-state index is 0.827. The van der Waals surface area contributed by atoms with Crippen molar-refractivity contribution in [2.75, 3.05) is 0 Å². The van der Waals surface area contributed by atoms with Gasteiger partial charge in [0.05, 0.1) is 0 Å². The van der Waals surface area contributed by atoms with Crippen LogP contribution in [0.3, 0.4) is 0 Å². The van der Waals surface area contributed by atoms with Gasteiger partial charge < -0.3 is 0 Å². The first-order valence-corrected chi connectivity index (χ1v) is 4.03. The van der Waals surface area contributed by atoms with Crippen LogP contribution in [-0.4, -0.2) is 0 Å². The summed E-state index contributed by atoms with van der Waals surface area (Å²) in [6.07, 6.45) is 9.86. The Labute approximate surface area is 64.6 Å². The van der Waals surface area contributed by atoms with Crippen LogP contribution in [0.1, 0.15) is 33.1 Å². The standard InChI is InChI=1S/C10H18/c1-4-5-6-7-8-9-10(2)3/h4,6-7,10H,1,5,8-9H2,2-3H3. The zero-order valence-electron chi connectivity index (χ0n) is 7.14. The third-order valence-electron chi connectivity index (χ3n) is 1.38. The van der Waals surface area contributed by atoms with Crippen molar-refractivity contribution < 1.29 is 0 Å². The average Bonchev–Trinajstić information content (AvgIpc) is 1.87. The summed E-state index contributed by atoms with van der Waals surface area (Å²) in [6, 6.07) is 0. The molecule has 0 amide bonds. The Morgan fingerprint density at radius 3 is 2.50 bits per heavy atom. The molecule has 0 atom stereocenters. The third kappa shape index (κ3) is 7.48. The average molecular weight is 138 g/mol. The summed E-state index contributed by atoms with van der Waals surface area (Å²) in [4.78, 5) is 0. The van der Waals surface area contributed by atoms with Crippen LogP contribution >= 0.6 is 0 Å². The highest BCUT2D eigenvalue weighted by Crippen LogP contribution is 2.03. The molecule has 0 aromatic carbocycles. The second-order valence-corrected chi connectivity index (χ2v) is 2.97. The van der Waals surface area contributed by atoms with Crippen LogP contribution < -0.4 is 0 Å². The Bertz CT molecular complexity index is 98.6. The predicted molar refractivity (Wildman–Crippen MR) is 48.0 cm³/mol. The van der Waals surface area contributed by atoms with E-state index < -0.39 is 0 Å². The first kappa shape index (κ1) is 9.48. The van der Waals surface area contributed by atoms with Gasteiger partial charge in [-0.1, -0.05) is 32.1 Å². The van der Waals surface area contributed by atoms with Gasteiger partial charge in [-0.15, -0.1) is 6.58 Å². The molecule has 0 spiro atoms. The Morgan fingerprint density at radius 1 is 1.30 bits per heavy atom. The maximum absolute atomic E-state index is 3.64. The lowest BCUT2D eigenvalue weighted by atomic mass is 10.1. The smallest absolute Gasteiger partial charge is 0.0172 e. The molecule has 0 rings (SSSR count). The summed E-state index contributed by atoms with van der Waals surface area (Å²) < 4.78 is 0. The number of hydrogen-bond donors (Lipinski definition) is 0. The zero-order chi connectivity index (χ0) is 7.82. The van der Waals surface area contributed by atoms with Crippen molar-refractivity contribution in [1.29, 1.82) is 0 Å². The molecule has 0 saturated carbocycles. The number of rotatable bonds is 5. The van der Waals surface area contributed by atoms with Gasteiger partial charge in [0, 0.05) is 0 Å². The summed E-state index contributed by atoms with van der Waals surface area (Å²) in [5, 5.41) is 0. The molecule has 0 aliphatic rings. The van der Waals surface area contributed by atoms with Crippen LogP contribution in [0.2, 0.25) is 0 Å². The molecule has 0 fully saturated rings. The van der Waals surface area contributed by atoms with Crippen molar-refractivity contribution in [3.63, 3.8) is 0 Å². The first-order valence-electron chi connectivity index (χ1n) is 4.03. The van der Waals surface area contributed by atoms with Gasteiger partial charge in [0.25, 0.3) is 0 Å². The van der Waals surface area contributed by atoms with E-state index in [1.54, 1.807) is 0 Å². The lowest BCUT2D eigenvalue weighted by Crippen LogP contribution is -1.83. The van der Waals surface area contributed by atoms with Crippen LogP contribution in [0.4, 0.5) is 0 Å². The van der Waals surface area contributed by atoms with E-state index in [1.807, 2.05) is 6.08 Å². The van der Waals surface area contributed by atoms with E-state index in [2.05, 4.69) is 32.6 Å². The number of hydrogen-bond acceptors (Lipinski definition) is 0. The summed E-state index contributed by atoms with van der Waals surface area (Å²) in [5.41, 5.74) is 0. The molecule has 0 heterocycles. The molecular formula is C10H18.